The van der Waals surface area contributed by atoms with E-state index in [1.807, 2.05) is 33.8 Å². The summed E-state index contributed by atoms with van der Waals surface area (Å²) >= 11 is 0. The summed E-state index contributed by atoms with van der Waals surface area (Å²) in [4.78, 5) is 13.2. The molecule has 0 bridgehead atoms. The van der Waals surface area contributed by atoms with Crippen LogP contribution in [0.1, 0.15) is 36.6 Å². The molecule has 0 aliphatic rings. The van der Waals surface area contributed by atoms with Crippen molar-refractivity contribution in [3.8, 4) is 17.1 Å². The van der Waals surface area contributed by atoms with E-state index in [9.17, 15) is 5.11 Å². The van der Waals surface area contributed by atoms with Crippen LogP contribution in [0, 0.1) is 13.8 Å². The number of aromatic nitrogens is 3. The number of phenols is 1. The predicted octanol–water partition coefficient (Wildman–Crippen LogP) is 2.99. The van der Waals surface area contributed by atoms with Crippen molar-refractivity contribution in [2.24, 2.45) is 0 Å². The van der Waals surface area contributed by atoms with Crippen LogP contribution in [0.5, 0.6) is 5.75 Å². The first-order chi connectivity index (χ1) is 9.05. The van der Waals surface area contributed by atoms with Gasteiger partial charge in [-0.15, -0.1) is 0 Å². The maximum absolute atomic E-state index is 10.1. The second kappa shape index (κ2) is 5.34. The molecule has 0 spiro atoms. The summed E-state index contributed by atoms with van der Waals surface area (Å²) < 4.78 is 0. The lowest BCUT2D eigenvalue weighted by molar-refractivity contribution is 0.476. The van der Waals surface area contributed by atoms with Gasteiger partial charge in [-0.05, 0) is 37.1 Å². The molecule has 0 saturated carbocycles. The summed E-state index contributed by atoms with van der Waals surface area (Å²) in [5, 5.41) is 10.1. The van der Waals surface area contributed by atoms with E-state index in [4.69, 9.17) is 0 Å². The van der Waals surface area contributed by atoms with Gasteiger partial charge in [0.2, 0.25) is 0 Å². The quantitative estimate of drug-likeness (QED) is 0.918. The summed E-state index contributed by atoms with van der Waals surface area (Å²) in [5.41, 5.74) is 2.85. The molecule has 4 nitrogen and oxygen atoms in total. The van der Waals surface area contributed by atoms with Crippen LogP contribution in [0.25, 0.3) is 11.4 Å². The lowest BCUT2D eigenvalue weighted by atomic mass is 10.0. The summed E-state index contributed by atoms with van der Waals surface area (Å²) in [6, 6.07) is 3.69. The maximum Gasteiger partial charge on any atom is 0.167 e. The maximum atomic E-state index is 10.1. The van der Waals surface area contributed by atoms with Gasteiger partial charge in [-0.3, -0.25) is 0 Å². The molecule has 100 valence electrons. The molecule has 0 atom stereocenters. The lowest BCUT2D eigenvalue weighted by Crippen LogP contribution is -2.04. The number of benzene rings is 1. The van der Waals surface area contributed by atoms with Gasteiger partial charge in [-0.1, -0.05) is 13.8 Å². The van der Waals surface area contributed by atoms with Gasteiger partial charge in [0.05, 0.1) is 5.56 Å². The highest BCUT2D eigenvalue weighted by atomic mass is 16.3. The minimum absolute atomic E-state index is 0.221. The molecule has 2 aromatic rings. The molecule has 19 heavy (non-hydrogen) atoms. The molecule has 0 fully saturated rings. The highest BCUT2D eigenvalue weighted by molar-refractivity contribution is 5.65. The Balaban J connectivity index is 2.61. The number of aromatic hydroxyl groups is 1. The minimum Gasteiger partial charge on any atom is -0.507 e. The van der Waals surface area contributed by atoms with Gasteiger partial charge in [0.25, 0.3) is 0 Å². The molecule has 0 radical (unpaired) electrons. The Morgan fingerprint density at radius 1 is 0.895 bits per heavy atom. The van der Waals surface area contributed by atoms with Gasteiger partial charge in [-0.25, -0.2) is 15.0 Å². The fourth-order valence-corrected chi connectivity index (χ4v) is 1.89. The topological polar surface area (TPSA) is 58.9 Å². The Morgan fingerprint density at radius 2 is 1.42 bits per heavy atom. The fraction of sp³-hybridized carbons (Fsp3) is 0.400. The smallest absolute Gasteiger partial charge is 0.167 e. The Bertz CT molecular complexity index is 586. The second-order valence-electron chi connectivity index (χ2n) is 4.65. The summed E-state index contributed by atoms with van der Waals surface area (Å²) in [5.74, 6) is 2.31. The van der Waals surface area contributed by atoms with E-state index in [1.54, 1.807) is 6.07 Å². The highest BCUT2D eigenvalue weighted by Crippen LogP contribution is 2.29. The van der Waals surface area contributed by atoms with Crippen LogP contribution in [0.2, 0.25) is 0 Å². The molecule has 0 saturated heterocycles. The molecule has 2 rings (SSSR count). The van der Waals surface area contributed by atoms with E-state index in [1.165, 1.54) is 0 Å². The van der Waals surface area contributed by atoms with Crippen LogP contribution in [0.15, 0.2) is 12.1 Å². The molecular weight excluding hydrogens is 238 g/mol. The molecule has 1 N–H and O–H groups in total. The van der Waals surface area contributed by atoms with Crippen LogP contribution < -0.4 is 0 Å². The van der Waals surface area contributed by atoms with Gasteiger partial charge in [0.1, 0.15) is 17.4 Å². The first-order valence-corrected chi connectivity index (χ1v) is 6.59. The number of hydrogen-bond acceptors (Lipinski definition) is 4. The van der Waals surface area contributed by atoms with E-state index < -0.39 is 0 Å². The van der Waals surface area contributed by atoms with Crippen molar-refractivity contribution >= 4 is 0 Å². The Kier molecular flexibility index (Phi) is 3.79. The van der Waals surface area contributed by atoms with E-state index >= 15 is 0 Å². The third-order valence-corrected chi connectivity index (χ3v) is 3.21. The molecule has 0 aliphatic carbocycles. The van der Waals surface area contributed by atoms with Crippen molar-refractivity contribution in [2.45, 2.75) is 40.5 Å². The molecule has 0 amide bonds. The van der Waals surface area contributed by atoms with Gasteiger partial charge in [-0.2, -0.15) is 0 Å². The zero-order valence-corrected chi connectivity index (χ0v) is 11.9. The van der Waals surface area contributed by atoms with E-state index in [0.29, 0.717) is 11.4 Å². The summed E-state index contributed by atoms with van der Waals surface area (Å²) in [6.45, 7) is 8.01. The SMILES string of the molecule is CCc1nc(CC)nc(-c2cc(C)c(C)cc2O)n1. The van der Waals surface area contributed by atoms with E-state index in [-0.39, 0.29) is 5.75 Å². The third kappa shape index (κ3) is 2.72. The van der Waals surface area contributed by atoms with Crippen molar-refractivity contribution in [3.05, 3.63) is 34.9 Å². The zero-order chi connectivity index (χ0) is 14.0. The number of phenolic OH excluding ortho intramolecular Hbond substituents is 1. The molecule has 1 aromatic heterocycles. The Hall–Kier alpha value is -1.97. The molecule has 4 heteroatoms. The van der Waals surface area contributed by atoms with Crippen molar-refractivity contribution < 1.29 is 5.11 Å². The monoisotopic (exact) mass is 257 g/mol. The van der Waals surface area contributed by atoms with Crippen molar-refractivity contribution in [3.63, 3.8) is 0 Å². The third-order valence-electron chi connectivity index (χ3n) is 3.21. The largest absolute Gasteiger partial charge is 0.507 e. The van der Waals surface area contributed by atoms with Crippen molar-refractivity contribution in [1.29, 1.82) is 0 Å². The van der Waals surface area contributed by atoms with Crippen LogP contribution in [0.3, 0.4) is 0 Å². The number of aryl methyl sites for hydroxylation is 4. The molecule has 0 aliphatic heterocycles. The van der Waals surface area contributed by atoms with Crippen molar-refractivity contribution in [1.82, 2.24) is 15.0 Å². The van der Waals surface area contributed by atoms with Crippen molar-refractivity contribution in [2.75, 3.05) is 0 Å². The van der Waals surface area contributed by atoms with Gasteiger partial charge >= 0.3 is 0 Å². The molecule has 1 aromatic carbocycles. The molecule has 0 unspecified atom stereocenters. The summed E-state index contributed by atoms with van der Waals surface area (Å²) in [7, 11) is 0. The number of hydrogen-bond donors (Lipinski definition) is 1. The lowest BCUT2D eigenvalue weighted by Gasteiger charge is -2.09. The fourth-order valence-electron chi connectivity index (χ4n) is 1.89. The Labute approximate surface area is 113 Å². The van der Waals surface area contributed by atoms with E-state index in [2.05, 4.69) is 15.0 Å². The number of nitrogens with zero attached hydrogens (tertiary/aromatic N) is 3. The summed E-state index contributed by atoms with van der Waals surface area (Å²) in [6.07, 6.45) is 1.52. The normalized spacial score (nSPS) is 10.7. The van der Waals surface area contributed by atoms with Gasteiger partial charge in [0.15, 0.2) is 5.82 Å². The molecular formula is C15H19N3O. The first kappa shape index (κ1) is 13.5. The van der Waals surface area contributed by atoms with Crippen LogP contribution in [-0.4, -0.2) is 20.1 Å². The van der Waals surface area contributed by atoms with Crippen LogP contribution in [-0.2, 0) is 12.8 Å². The van der Waals surface area contributed by atoms with Gasteiger partial charge in [0, 0.05) is 12.8 Å². The minimum atomic E-state index is 0.221. The van der Waals surface area contributed by atoms with Crippen LogP contribution >= 0.6 is 0 Å². The highest BCUT2D eigenvalue weighted by Gasteiger charge is 2.12. The van der Waals surface area contributed by atoms with Gasteiger partial charge < -0.3 is 5.11 Å². The molecule has 1 heterocycles. The second-order valence-corrected chi connectivity index (χ2v) is 4.65. The van der Waals surface area contributed by atoms with E-state index in [0.717, 1.165) is 35.6 Å². The Morgan fingerprint density at radius 3 is 1.95 bits per heavy atom. The standard InChI is InChI=1S/C15H19N3O/c1-5-13-16-14(6-2)18-15(17-13)11-7-9(3)10(4)8-12(11)19/h7-8,19H,5-6H2,1-4H3. The van der Waals surface area contributed by atoms with Crippen LogP contribution in [0.4, 0.5) is 0 Å². The predicted molar refractivity (Wildman–Crippen MR) is 75.2 cm³/mol. The first-order valence-electron chi connectivity index (χ1n) is 6.59. The average molecular weight is 257 g/mol. The zero-order valence-electron chi connectivity index (χ0n) is 11.9. The average Bonchev–Trinajstić information content (AvgIpc) is 2.42. The number of rotatable bonds is 3.